The van der Waals surface area contributed by atoms with Gasteiger partial charge in [-0.3, -0.25) is 0 Å². The second-order valence-corrected chi connectivity index (χ2v) is 7.22. The van der Waals surface area contributed by atoms with Crippen molar-refractivity contribution in [1.82, 2.24) is 4.90 Å². The molecular formula is C17H28N2OS2. The molecule has 0 aromatic carbocycles. The second-order valence-electron chi connectivity index (χ2n) is 6.70. The van der Waals surface area contributed by atoms with E-state index in [1.165, 1.54) is 11.1 Å². The van der Waals surface area contributed by atoms with E-state index in [2.05, 4.69) is 25.3 Å². The molecule has 2 aliphatic carbocycles. The van der Waals surface area contributed by atoms with Gasteiger partial charge in [0.05, 0.1) is 0 Å². The molecule has 5 heteroatoms. The van der Waals surface area contributed by atoms with E-state index in [0.29, 0.717) is 11.8 Å². The maximum absolute atomic E-state index is 11.8. The monoisotopic (exact) mass is 340 g/mol. The number of amides is 2. The van der Waals surface area contributed by atoms with E-state index in [9.17, 15) is 4.79 Å². The van der Waals surface area contributed by atoms with Crippen LogP contribution in [0.2, 0.25) is 0 Å². The molecule has 0 saturated heterocycles. The Morgan fingerprint density at radius 2 is 1.32 bits per heavy atom. The van der Waals surface area contributed by atoms with Crippen molar-refractivity contribution in [2.24, 2.45) is 17.6 Å². The lowest BCUT2D eigenvalue weighted by Crippen LogP contribution is -2.42. The van der Waals surface area contributed by atoms with Gasteiger partial charge in [0, 0.05) is 13.1 Å². The highest BCUT2D eigenvalue weighted by atomic mass is 32.1. The molecule has 2 saturated carbocycles. The fourth-order valence-corrected chi connectivity index (χ4v) is 4.11. The Morgan fingerprint density at radius 3 is 1.59 bits per heavy atom. The zero-order valence-electron chi connectivity index (χ0n) is 13.2. The van der Waals surface area contributed by atoms with Gasteiger partial charge in [0.15, 0.2) is 0 Å². The summed E-state index contributed by atoms with van der Waals surface area (Å²) in [5.41, 5.74) is 8.49. The van der Waals surface area contributed by atoms with E-state index in [0.717, 1.165) is 64.5 Å². The summed E-state index contributed by atoms with van der Waals surface area (Å²) in [4.78, 5) is 13.7. The molecule has 0 heterocycles. The van der Waals surface area contributed by atoms with Crippen LogP contribution in [0.1, 0.15) is 51.4 Å². The van der Waals surface area contributed by atoms with Gasteiger partial charge < -0.3 is 10.6 Å². The van der Waals surface area contributed by atoms with Gasteiger partial charge in [-0.25, -0.2) is 4.79 Å². The number of nitrogens with two attached hydrogens (primary N) is 1. The summed E-state index contributed by atoms with van der Waals surface area (Å²) in [5.74, 6) is 1.17. The van der Waals surface area contributed by atoms with Crippen molar-refractivity contribution in [3.05, 3.63) is 22.0 Å². The average molecular weight is 341 g/mol. The molecule has 0 aromatic heterocycles. The molecular weight excluding hydrogens is 312 g/mol. The lowest BCUT2D eigenvalue weighted by Gasteiger charge is -2.33. The van der Waals surface area contributed by atoms with Crippen LogP contribution >= 0.6 is 25.3 Å². The summed E-state index contributed by atoms with van der Waals surface area (Å²) in [5, 5.41) is 3.88. The Hall–Kier alpha value is -0.550. The fourth-order valence-electron chi connectivity index (χ4n) is 3.60. The number of urea groups is 1. The summed E-state index contributed by atoms with van der Waals surface area (Å²) in [6.07, 6.45) is 9.03. The zero-order chi connectivity index (χ0) is 15.9. The zero-order valence-corrected chi connectivity index (χ0v) is 15.0. The smallest absolute Gasteiger partial charge is 0.314 e. The Morgan fingerprint density at radius 1 is 0.955 bits per heavy atom. The van der Waals surface area contributed by atoms with E-state index in [4.69, 9.17) is 5.73 Å². The predicted molar refractivity (Wildman–Crippen MR) is 99.2 cm³/mol. The van der Waals surface area contributed by atoms with Crippen LogP contribution in [0.5, 0.6) is 0 Å². The molecule has 0 aromatic rings. The third-order valence-corrected chi connectivity index (χ3v) is 5.86. The van der Waals surface area contributed by atoms with E-state index in [1.807, 2.05) is 15.7 Å². The highest BCUT2D eigenvalue weighted by Gasteiger charge is 2.25. The average Bonchev–Trinajstić information content (AvgIpc) is 2.55. The SMILES string of the molecule is NC(=O)N(CC1CCC(=CS)CC1)CC1CCC(=CS)CC1. The highest BCUT2D eigenvalue weighted by molar-refractivity contribution is 7.83. The van der Waals surface area contributed by atoms with Crippen molar-refractivity contribution in [3.63, 3.8) is 0 Å². The lowest BCUT2D eigenvalue weighted by atomic mass is 9.84. The normalized spacial score (nSPS) is 25.7. The molecule has 2 aliphatic rings. The Kier molecular flexibility index (Phi) is 7.22. The number of carbonyl (C=O) groups is 1. The van der Waals surface area contributed by atoms with Crippen molar-refractivity contribution in [2.45, 2.75) is 51.4 Å². The first-order valence-electron chi connectivity index (χ1n) is 8.31. The first-order chi connectivity index (χ1) is 10.6. The van der Waals surface area contributed by atoms with Gasteiger partial charge in [0.25, 0.3) is 0 Å². The highest BCUT2D eigenvalue weighted by Crippen LogP contribution is 2.31. The van der Waals surface area contributed by atoms with Crippen molar-refractivity contribution in [3.8, 4) is 0 Å². The molecule has 2 amide bonds. The van der Waals surface area contributed by atoms with E-state index in [-0.39, 0.29) is 6.03 Å². The topological polar surface area (TPSA) is 46.3 Å². The van der Waals surface area contributed by atoms with Crippen molar-refractivity contribution < 1.29 is 4.79 Å². The fraction of sp³-hybridized carbons (Fsp3) is 0.706. The summed E-state index contributed by atoms with van der Waals surface area (Å²) < 4.78 is 0. The number of primary amides is 1. The van der Waals surface area contributed by atoms with Crippen molar-refractivity contribution in [1.29, 1.82) is 0 Å². The van der Waals surface area contributed by atoms with Gasteiger partial charge in [-0.15, -0.1) is 0 Å². The molecule has 0 unspecified atom stereocenters. The first kappa shape index (κ1) is 17.8. The second kappa shape index (κ2) is 8.92. The van der Waals surface area contributed by atoms with Crippen LogP contribution < -0.4 is 5.73 Å². The molecule has 0 bridgehead atoms. The third kappa shape index (κ3) is 5.27. The van der Waals surface area contributed by atoms with Crippen LogP contribution in [-0.4, -0.2) is 24.0 Å². The molecule has 0 radical (unpaired) electrons. The maximum atomic E-state index is 11.8. The minimum atomic E-state index is -0.258. The van der Waals surface area contributed by atoms with E-state index >= 15 is 0 Å². The number of rotatable bonds is 4. The third-order valence-electron chi connectivity index (χ3n) is 5.13. The van der Waals surface area contributed by atoms with Gasteiger partial charge in [-0.05, 0) is 74.0 Å². The molecule has 22 heavy (non-hydrogen) atoms. The Bertz CT molecular complexity index is 394. The number of allylic oxidation sites excluding steroid dienone is 2. The van der Waals surface area contributed by atoms with Gasteiger partial charge in [0.2, 0.25) is 0 Å². The summed E-state index contributed by atoms with van der Waals surface area (Å²) in [7, 11) is 0. The van der Waals surface area contributed by atoms with Crippen molar-refractivity contribution in [2.75, 3.05) is 13.1 Å². The molecule has 0 spiro atoms. The van der Waals surface area contributed by atoms with Crippen LogP contribution in [0, 0.1) is 11.8 Å². The first-order valence-corrected chi connectivity index (χ1v) is 9.34. The number of hydrogen-bond acceptors (Lipinski definition) is 3. The molecule has 2 N–H and O–H groups in total. The molecule has 3 nitrogen and oxygen atoms in total. The van der Waals surface area contributed by atoms with Gasteiger partial charge in [0.1, 0.15) is 0 Å². The number of nitrogens with zero attached hydrogens (tertiary/aromatic N) is 1. The van der Waals surface area contributed by atoms with Crippen LogP contribution in [0.3, 0.4) is 0 Å². The Labute approximate surface area is 145 Å². The largest absolute Gasteiger partial charge is 0.351 e. The maximum Gasteiger partial charge on any atom is 0.314 e. The van der Waals surface area contributed by atoms with Crippen LogP contribution in [0.25, 0.3) is 0 Å². The quantitative estimate of drug-likeness (QED) is 0.654. The van der Waals surface area contributed by atoms with E-state index in [1.54, 1.807) is 0 Å². The van der Waals surface area contributed by atoms with Crippen molar-refractivity contribution >= 4 is 31.3 Å². The van der Waals surface area contributed by atoms with Crippen LogP contribution in [0.15, 0.2) is 22.0 Å². The van der Waals surface area contributed by atoms with Gasteiger partial charge in [-0.2, -0.15) is 25.3 Å². The van der Waals surface area contributed by atoms with Gasteiger partial charge >= 0.3 is 6.03 Å². The molecule has 0 aliphatic heterocycles. The predicted octanol–water partition coefficient (Wildman–Crippen LogP) is 4.37. The lowest BCUT2D eigenvalue weighted by molar-refractivity contribution is 0.171. The summed E-state index contributed by atoms with van der Waals surface area (Å²) in [6.45, 7) is 1.64. The molecule has 124 valence electrons. The summed E-state index contributed by atoms with van der Waals surface area (Å²) >= 11 is 8.48. The van der Waals surface area contributed by atoms with Crippen LogP contribution in [-0.2, 0) is 0 Å². The molecule has 2 fully saturated rings. The molecule has 2 rings (SSSR count). The number of thiol groups is 2. The standard InChI is InChI=1S/C17H28N2OS2/c18-17(20)19(9-13-1-5-15(11-21)6-2-13)10-14-3-7-16(12-22)8-4-14/h11-14,21-22H,1-10H2,(H2,18,20). The van der Waals surface area contributed by atoms with Crippen LogP contribution in [0.4, 0.5) is 4.79 Å². The minimum Gasteiger partial charge on any atom is -0.351 e. The summed E-state index contributed by atoms with van der Waals surface area (Å²) in [6, 6.07) is -0.258. The number of hydrogen-bond donors (Lipinski definition) is 3. The minimum absolute atomic E-state index is 0.258. The van der Waals surface area contributed by atoms with E-state index < -0.39 is 0 Å². The van der Waals surface area contributed by atoms with Gasteiger partial charge in [-0.1, -0.05) is 11.1 Å². The number of carbonyl (C=O) groups excluding carboxylic acids is 1. The molecule has 0 atom stereocenters. The Balaban J connectivity index is 1.82.